The van der Waals surface area contributed by atoms with Crippen LogP contribution < -0.4 is 10.6 Å². The van der Waals surface area contributed by atoms with Crippen LogP contribution in [0.25, 0.3) is 0 Å². The Morgan fingerprint density at radius 3 is 2.68 bits per heavy atom. The minimum Gasteiger partial charge on any atom is -0.383 e. The summed E-state index contributed by atoms with van der Waals surface area (Å²) in [6.45, 7) is 2.55. The van der Waals surface area contributed by atoms with Gasteiger partial charge in [0.2, 0.25) is 0 Å². The Hall–Kier alpha value is -2.68. The molecule has 134 valence electrons. The lowest BCUT2D eigenvalue weighted by Crippen LogP contribution is -2.17. The van der Waals surface area contributed by atoms with E-state index in [0.29, 0.717) is 24.8 Å². The van der Waals surface area contributed by atoms with Gasteiger partial charge in [-0.05, 0) is 25.1 Å². The second kappa shape index (κ2) is 7.93. The summed E-state index contributed by atoms with van der Waals surface area (Å²) in [6, 6.07) is 5.82. The molecule has 2 rings (SSSR count). The summed E-state index contributed by atoms with van der Waals surface area (Å²) in [4.78, 5) is 20.4. The van der Waals surface area contributed by atoms with Crippen molar-refractivity contribution in [3.8, 4) is 0 Å². The maximum absolute atomic E-state index is 12.7. The van der Waals surface area contributed by atoms with Gasteiger partial charge in [-0.2, -0.15) is 13.2 Å². The van der Waals surface area contributed by atoms with Gasteiger partial charge in [-0.3, -0.25) is 4.79 Å². The fraction of sp³-hybridized carbons (Fsp3) is 0.312. The monoisotopic (exact) mass is 354 g/mol. The maximum atomic E-state index is 12.7. The van der Waals surface area contributed by atoms with Gasteiger partial charge in [0.05, 0.1) is 12.2 Å². The molecule has 1 aromatic carbocycles. The number of methoxy groups -OCH3 is 1. The minimum absolute atomic E-state index is 0.0324. The molecule has 0 aliphatic rings. The highest BCUT2D eigenvalue weighted by Crippen LogP contribution is 2.30. The van der Waals surface area contributed by atoms with E-state index in [1.165, 1.54) is 18.2 Å². The van der Waals surface area contributed by atoms with Crippen molar-refractivity contribution in [2.75, 3.05) is 30.9 Å². The molecule has 25 heavy (non-hydrogen) atoms. The van der Waals surface area contributed by atoms with Crippen LogP contribution in [-0.4, -0.2) is 36.1 Å². The van der Waals surface area contributed by atoms with Gasteiger partial charge in [0, 0.05) is 25.4 Å². The van der Waals surface area contributed by atoms with Crippen molar-refractivity contribution < 1.29 is 22.7 Å². The van der Waals surface area contributed by atoms with Crippen LogP contribution in [0.1, 0.15) is 21.9 Å². The van der Waals surface area contributed by atoms with E-state index in [1.54, 1.807) is 14.0 Å². The summed E-state index contributed by atoms with van der Waals surface area (Å²) in [5.74, 6) is 0.162. The van der Waals surface area contributed by atoms with E-state index in [0.717, 1.165) is 12.1 Å². The van der Waals surface area contributed by atoms with Gasteiger partial charge in [-0.15, -0.1) is 0 Å². The van der Waals surface area contributed by atoms with Gasteiger partial charge in [-0.1, -0.05) is 6.07 Å². The molecule has 0 saturated carbocycles. The van der Waals surface area contributed by atoms with E-state index in [-0.39, 0.29) is 11.4 Å². The fourth-order valence-corrected chi connectivity index (χ4v) is 2.02. The first kappa shape index (κ1) is 18.7. The average molecular weight is 354 g/mol. The van der Waals surface area contributed by atoms with E-state index in [4.69, 9.17) is 4.74 Å². The molecule has 1 aromatic heterocycles. The number of carbonyl (C=O) groups is 1. The van der Waals surface area contributed by atoms with Crippen molar-refractivity contribution in [2.24, 2.45) is 0 Å². The number of hydrogen-bond donors (Lipinski definition) is 2. The Kier molecular flexibility index (Phi) is 5.92. The van der Waals surface area contributed by atoms with Crippen molar-refractivity contribution in [2.45, 2.75) is 13.1 Å². The molecule has 2 N–H and O–H groups in total. The number of ether oxygens (including phenoxy) is 1. The maximum Gasteiger partial charge on any atom is 0.416 e. The van der Waals surface area contributed by atoms with Crippen LogP contribution in [0.2, 0.25) is 0 Å². The number of rotatable bonds is 6. The zero-order valence-electron chi connectivity index (χ0n) is 13.6. The Labute approximate surface area is 142 Å². The first-order chi connectivity index (χ1) is 11.8. The molecule has 0 saturated heterocycles. The summed E-state index contributed by atoms with van der Waals surface area (Å²) < 4.78 is 43.1. The van der Waals surface area contributed by atoms with Crippen LogP contribution in [0.5, 0.6) is 0 Å². The van der Waals surface area contributed by atoms with Gasteiger partial charge < -0.3 is 15.4 Å². The number of nitrogens with one attached hydrogen (secondary N) is 2. The molecule has 6 nitrogen and oxygen atoms in total. The standard InChI is InChI=1S/C16H17F3N4O2/c1-10-21-13(9-14(22-10)20-6-7-25-2)15(24)23-12-5-3-4-11(8-12)16(17,18)19/h3-5,8-9H,6-7H2,1-2H3,(H,23,24)(H,20,21,22). The summed E-state index contributed by atoms with van der Waals surface area (Å²) in [5.41, 5.74) is -0.763. The number of anilines is 2. The number of benzene rings is 1. The van der Waals surface area contributed by atoms with Crippen LogP contribution in [0.3, 0.4) is 0 Å². The molecular weight excluding hydrogens is 337 g/mol. The molecule has 1 amide bonds. The predicted molar refractivity (Wildman–Crippen MR) is 86.5 cm³/mol. The van der Waals surface area contributed by atoms with E-state index in [1.807, 2.05) is 0 Å². The Morgan fingerprint density at radius 2 is 2.00 bits per heavy atom. The van der Waals surface area contributed by atoms with Crippen molar-refractivity contribution in [3.05, 3.63) is 47.4 Å². The molecule has 0 bridgehead atoms. The minimum atomic E-state index is -4.48. The zero-order valence-corrected chi connectivity index (χ0v) is 13.6. The van der Waals surface area contributed by atoms with Gasteiger partial charge in [0.1, 0.15) is 17.3 Å². The highest BCUT2D eigenvalue weighted by Gasteiger charge is 2.30. The van der Waals surface area contributed by atoms with Crippen LogP contribution in [0.4, 0.5) is 24.7 Å². The SMILES string of the molecule is COCCNc1cc(C(=O)Nc2cccc(C(F)(F)F)c2)nc(C)n1. The third kappa shape index (κ3) is 5.42. The van der Waals surface area contributed by atoms with E-state index in [9.17, 15) is 18.0 Å². The second-order valence-electron chi connectivity index (χ2n) is 5.14. The number of nitrogens with zero attached hydrogens (tertiary/aromatic N) is 2. The Bertz CT molecular complexity index is 750. The van der Waals surface area contributed by atoms with Gasteiger partial charge in [0.25, 0.3) is 5.91 Å². The summed E-state index contributed by atoms with van der Waals surface area (Å²) >= 11 is 0. The number of alkyl halides is 3. The number of amides is 1. The summed E-state index contributed by atoms with van der Waals surface area (Å²) in [6.07, 6.45) is -4.48. The molecule has 0 aliphatic heterocycles. The van der Waals surface area contributed by atoms with Crippen molar-refractivity contribution >= 4 is 17.4 Å². The van der Waals surface area contributed by atoms with E-state index >= 15 is 0 Å². The molecule has 1 heterocycles. The number of halogens is 3. The molecule has 0 fully saturated rings. The largest absolute Gasteiger partial charge is 0.416 e. The molecule has 0 unspecified atom stereocenters. The van der Waals surface area contributed by atoms with Gasteiger partial charge in [-0.25, -0.2) is 9.97 Å². The number of carbonyl (C=O) groups excluding carboxylic acids is 1. The van der Waals surface area contributed by atoms with Crippen LogP contribution >= 0.6 is 0 Å². The van der Waals surface area contributed by atoms with E-state index < -0.39 is 17.6 Å². The zero-order chi connectivity index (χ0) is 18.4. The lowest BCUT2D eigenvalue weighted by molar-refractivity contribution is -0.137. The molecule has 0 radical (unpaired) electrons. The normalized spacial score (nSPS) is 11.2. The third-order valence-corrected chi connectivity index (χ3v) is 3.13. The van der Waals surface area contributed by atoms with Gasteiger partial charge in [0.15, 0.2) is 0 Å². The quantitative estimate of drug-likeness (QED) is 0.780. The van der Waals surface area contributed by atoms with Gasteiger partial charge >= 0.3 is 6.18 Å². The first-order valence-corrected chi connectivity index (χ1v) is 7.36. The Balaban J connectivity index is 2.15. The van der Waals surface area contributed by atoms with Crippen LogP contribution in [0, 0.1) is 6.92 Å². The molecule has 0 spiro atoms. The van der Waals surface area contributed by atoms with Crippen molar-refractivity contribution in [1.29, 1.82) is 0 Å². The lowest BCUT2D eigenvalue weighted by Gasteiger charge is -2.11. The highest BCUT2D eigenvalue weighted by molar-refractivity contribution is 6.03. The van der Waals surface area contributed by atoms with Crippen LogP contribution in [0.15, 0.2) is 30.3 Å². The molecule has 2 aromatic rings. The molecule has 0 atom stereocenters. The lowest BCUT2D eigenvalue weighted by atomic mass is 10.2. The van der Waals surface area contributed by atoms with Crippen LogP contribution in [-0.2, 0) is 10.9 Å². The topological polar surface area (TPSA) is 76.1 Å². The van der Waals surface area contributed by atoms with Crippen molar-refractivity contribution in [3.63, 3.8) is 0 Å². The van der Waals surface area contributed by atoms with Crippen molar-refractivity contribution in [1.82, 2.24) is 9.97 Å². The third-order valence-electron chi connectivity index (χ3n) is 3.13. The fourth-order valence-electron chi connectivity index (χ4n) is 2.02. The molecule has 9 heteroatoms. The summed E-state index contributed by atoms with van der Waals surface area (Å²) in [5, 5.41) is 5.38. The number of aromatic nitrogens is 2. The second-order valence-corrected chi connectivity index (χ2v) is 5.14. The summed E-state index contributed by atoms with van der Waals surface area (Å²) in [7, 11) is 1.56. The molecular formula is C16H17F3N4O2. The predicted octanol–water partition coefficient (Wildman–Crippen LogP) is 3.11. The first-order valence-electron chi connectivity index (χ1n) is 7.36. The smallest absolute Gasteiger partial charge is 0.383 e. The number of aryl methyl sites for hydroxylation is 1. The molecule has 0 aliphatic carbocycles. The highest BCUT2D eigenvalue weighted by atomic mass is 19.4. The number of hydrogen-bond acceptors (Lipinski definition) is 5. The van der Waals surface area contributed by atoms with E-state index in [2.05, 4.69) is 20.6 Å². The average Bonchev–Trinajstić information content (AvgIpc) is 2.54. The Morgan fingerprint density at radius 1 is 1.24 bits per heavy atom.